The van der Waals surface area contributed by atoms with Gasteiger partial charge in [0.15, 0.2) is 5.58 Å². The molecule has 1 atom stereocenters. The third kappa shape index (κ3) is 3.14. The van der Waals surface area contributed by atoms with Gasteiger partial charge in [0.2, 0.25) is 0 Å². The number of nitrogens with zero attached hydrogens (tertiary/aromatic N) is 3. The third-order valence-corrected chi connectivity index (χ3v) is 5.03. The van der Waals surface area contributed by atoms with E-state index in [1.807, 2.05) is 30.5 Å². The summed E-state index contributed by atoms with van der Waals surface area (Å²) in [6.07, 6.45) is 6.44. The van der Waals surface area contributed by atoms with Crippen molar-refractivity contribution < 1.29 is 4.42 Å². The second-order valence-corrected chi connectivity index (χ2v) is 6.72. The molecule has 3 heterocycles. The molecule has 0 fully saturated rings. The molecular weight excluding hydrogens is 316 g/mol. The lowest BCUT2D eigenvalue weighted by atomic mass is 10.1. The molecule has 6 heteroatoms. The summed E-state index contributed by atoms with van der Waals surface area (Å²) >= 11 is 0. The number of benzene rings is 1. The zero-order chi connectivity index (χ0) is 17.2. The predicted molar refractivity (Wildman–Crippen MR) is 96.7 cm³/mol. The molecule has 4 rings (SSSR count). The van der Waals surface area contributed by atoms with Crippen LogP contribution in [0.2, 0.25) is 0 Å². The number of para-hydroxylation sites is 2. The normalized spacial score (nSPS) is 15.4. The summed E-state index contributed by atoms with van der Waals surface area (Å²) in [6.45, 7) is 4.75. The molecular formula is C19H24N4O2. The monoisotopic (exact) mass is 340 g/mol. The first-order valence-corrected chi connectivity index (χ1v) is 9.10. The maximum absolute atomic E-state index is 12.0. The zero-order valence-electron chi connectivity index (χ0n) is 14.6. The SMILES string of the molecule is CC(NCCCn1c(=O)oc2ccccc21)c1cnc2n1CCCC2. The number of fused-ring (bicyclic) bond motifs is 2. The van der Waals surface area contributed by atoms with Crippen molar-refractivity contribution in [3.63, 3.8) is 0 Å². The molecule has 0 spiro atoms. The van der Waals surface area contributed by atoms with Gasteiger partial charge in [-0.3, -0.25) is 4.57 Å². The van der Waals surface area contributed by atoms with Crippen molar-refractivity contribution >= 4 is 11.1 Å². The number of hydrogen-bond acceptors (Lipinski definition) is 4. The molecule has 1 aliphatic heterocycles. The van der Waals surface area contributed by atoms with Crippen LogP contribution in [0.3, 0.4) is 0 Å². The van der Waals surface area contributed by atoms with Crippen molar-refractivity contribution in [3.8, 4) is 0 Å². The Hall–Kier alpha value is -2.34. The molecule has 0 saturated carbocycles. The summed E-state index contributed by atoms with van der Waals surface area (Å²) in [5.41, 5.74) is 2.78. The van der Waals surface area contributed by atoms with Gasteiger partial charge in [-0.1, -0.05) is 12.1 Å². The van der Waals surface area contributed by atoms with Gasteiger partial charge in [-0.25, -0.2) is 9.78 Å². The van der Waals surface area contributed by atoms with E-state index in [2.05, 4.69) is 21.8 Å². The summed E-state index contributed by atoms with van der Waals surface area (Å²) in [5, 5.41) is 3.56. The Morgan fingerprint density at radius 1 is 1.32 bits per heavy atom. The number of oxazole rings is 1. The van der Waals surface area contributed by atoms with Gasteiger partial charge in [0.25, 0.3) is 0 Å². The number of aromatic nitrogens is 3. The highest BCUT2D eigenvalue weighted by Crippen LogP contribution is 2.20. The Labute approximate surface area is 146 Å². The topological polar surface area (TPSA) is 65.0 Å². The van der Waals surface area contributed by atoms with Crippen LogP contribution in [0.5, 0.6) is 0 Å². The van der Waals surface area contributed by atoms with Gasteiger partial charge in [0.05, 0.1) is 17.4 Å². The van der Waals surface area contributed by atoms with E-state index in [0.717, 1.165) is 31.4 Å². The highest BCUT2D eigenvalue weighted by Gasteiger charge is 2.17. The van der Waals surface area contributed by atoms with Crippen LogP contribution in [0.25, 0.3) is 11.1 Å². The number of imidazole rings is 1. The van der Waals surface area contributed by atoms with Crippen LogP contribution in [0.15, 0.2) is 39.7 Å². The fraction of sp³-hybridized carbons (Fsp3) is 0.474. The van der Waals surface area contributed by atoms with Crippen LogP contribution in [0, 0.1) is 0 Å². The maximum Gasteiger partial charge on any atom is 0.419 e. The minimum Gasteiger partial charge on any atom is -0.408 e. The second-order valence-electron chi connectivity index (χ2n) is 6.72. The van der Waals surface area contributed by atoms with Crippen molar-refractivity contribution in [2.45, 2.75) is 51.7 Å². The quantitative estimate of drug-likeness (QED) is 0.701. The largest absolute Gasteiger partial charge is 0.419 e. The van der Waals surface area contributed by atoms with E-state index < -0.39 is 0 Å². The molecule has 0 amide bonds. The molecule has 25 heavy (non-hydrogen) atoms. The highest BCUT2D eigenvalue weighted by atomic mass is 16.4. The lowest BCUT2D eigenvalue weighted by Crippen LogP contribution is -2.25. The van der Waals surface area contributed by atoms with E-state index in [0.29, 0.717) is 12.1 Å². The second kappa shape index (κ2) is 6.88. The Morgan fingerprint density at radius 3 is 3.12 bits per heavy atom. The molecule has 3 aromatic rings. The summed E-state index contributed by atoms with van der Waals surface area (Å²) in [4.78, 5) is 16.5. The molecule has 1 unspecified atom stereocenters. The summed E-state index contributed by atoms with van der Waals surface area (Å²) in [6, 6.07) is 7.82. The number of hydrogen-bond donors (Lipinski definition) is 1. The molecule has 2 aromatic heterocycles. The maximum atomic E-state index is 12.0. The van der Waals surface area contributed by atoms with Crippen LogP contribution in [0.4, 0.5) is 0 Å². The molecule has 1 aliphatic rings. The van der Waals surface area contributed by atoms with Crippen LogP contribution < -0.4 is 11.1 Å². The minimum atomic E-state index is -0.279. The van der Waals surface area contributed by atoms with Gasteiger partial charge in [0.1, 0.15) is 5.82 Å². The van der Waals surface area contributed by atoms with E-state index >= 15 is 0 Å². The number of aryl methyl sites for hydroxylation is 2. The van der Waals surface area contributed by atoms with Crippen molar-refractivity contribution in [2.24, 2.45) is 0 Å². The van der Waals surface area contributed by atoms with E-state index in [-0.39, 0.29) is 11.8 Å². The zero-order valence-corrected chi connectivity index (χ0v) is 14.6. The first kappa shape index (κ1) is 16.1. The van der Waals surface area contributed by atoms with Crippen molar-refractivity contribution in [1.82, 2.24) is 19.4 Å². The number of rotatable bonds is 6. The fourth-order valence-electron chi connectivity index (χ4n) is 3.67. The summed E-state index contributed by atoms with van der Waals surface area (Å²) in [5.74, 6) is 0.936. The highest BCUT2D eigenvalue weighted by molar-refractivity contribution is 5.72. The molecule has 6 nitrogen and oxygen atoms in total. The Balaban J connectivity index is 1.35. The molecule has 0 radical (unpaired) electrons. The van der Waals surface area contributed by atoms with E-state index in [1.54, 1.807) is 4.57 Å². The summed E-state index contributed by atoms with van der Waals surface area (Å²) < 4.78 is 9.34. The standard InChI is InChI=1S/C19H24N4O2/c1-14(16-13-21-18-9-4-5-11-22(16)18)20-10-6-12-23-15-7-2-3-8-17(15)25-19(23)24/h2-3,7-8,13-14,20H,4-6,9-12H2,1H3. The van der Waals surface area contributed by atoms with E-state index in [9.17, 15) is 4.79 Å². The third-order valence-electron chi connectivity index (χ3n) is 5.03. The van der Waals surface area contributed by atoms with Crippen LogP contribution in [-0.4, -0.2) is 20.7 Å². The summed E-state index contributed by atoms with van der Waals surface area (Å²) in [7, 11) is 0. The average molecular weight is 340 g/mol. The average Bonchev–Trinajstić information content (AvgIpc) is 3.19. The molecule has 0 aliphatic carbocycles. The number of nitrogens with one attached hydrogen (secondary N) is 1. The van der Waals surface area contributed by atoms with Gasteiger partial charge in [-0.15, -0.1) is 0 Å². The Bertz CT molecular complexity index is 921. The van der Waals surface area contributed by atoms with E-state index in [4.69, 9.17) is 4.42 Å². The van der Waals surface area contributed by atoms with Crippen LogP contribution >= 0.6 is 0 Å². The van der Waals surface area contributed by atoms with E-state index in [1.165, 1.54) is 24.4 Å². The first-order chi connectivity index (χ1) is 12.2. The fourth-order valence-corrected chi connectivity index (χ4v) is 3.67. The smallest absolute Gasteiger partial charge is 0.408 e. The first-order valence-electron chi connectivity index (χ1n) is 9.10. The van der Waals surface area contributed by atoms with Gasteiger partial charge < -0.3 is 14.3 Å². The Morgan fingerprint density at radius 2 is 2.20 bits per heavy atom. The van der Waals surface area contributed by atoms with Gasteiger partial charge in [0, 0.05) is 25.6 Å². The van der Waals surface area contributed by atoms with Crippen LogP contribution in [-0.2, 0) is 19.5 Å². The van der Waals surface area contributed by atoms with Crippen molar-refractivity contribution in [2.75, 3.05) is 6.54 Å². The lowest BCUT2D eigenvalue weighted by molar-refractivity contribution is 0.454. The van der Waals surface area contributed by atoms with Gasteiger partial charge in [-0.05, 0) is 44.9 Å². The lowest BCUT2D eigenvalue weighted by Gasteiger charge is -2.20. The van der Waals surface area contributed by atoms with Crippen molar-refractivity contribution in [1.29, 1.82) is 0 Å². The van der Waals surface area contributed by atoms with Gasteiger partial charge >= 0.3 is 5.76 Å². The Kier molecular flexibility index (Phi) is 4.44. The van der Waals surface area contributed by atoms with Crippen molar-refractivity contribution in [3.05, 3.63) is 52.5 Å². The molecule has 1 N–H and O–H groups in total. The van der Waals surface area contributed by atoms with Gasteiger partial charge in [-0.2, -0.15) is 0 Å². The molecule has 132 valence electrons. The minimum absolute atomic E-state index is 0.261. The molecule has 1 aromatic carbocycles. The molecule has 0 saturated heterocycles. The molecule has 0 bridgehead atoms. The van der Waals surface area contributed by atoms with Crippen LogP contribution in [0.1, 0.15) is 43.7 Å². The predicted octanol–water partition coefficient (Wildman–Crippen LogP) is 2.87.